The first kappa shape index (κ1) is 13.7. The summed E-state index contributed by atoms with van der Waals surface area (Å²) in [6.45, 7) is 3.69. The van der Waals surface area contributed by atoms with Crippen molar-refractivity contribution in [3.8, 4) is 0 Å². The van der Waals surface area contributed by atoms with Gasteiger partial charge >= 0.3 is 5.97 Å². The molecule has 102 valence electrons. The van der Waals surface area contributed by atoms with Crippen LogP contribution in [0.4, 0.5) is 5.13 Å². The average Bonchev–Trinajstić information content (AvgIpc) is 3.09. The third kappa shape index (κ3) is 3.41. The van der Waals surface area contributed by atoms with Gasteiger partial charge in [0.05, 0.1) is 12.8 Å². The molecule has 1 saturated carbocycles. The van der Waals surface area contributed by atoms with Gasteiger partial charge in [0.2, 0.25) is 5.91 Å². The van der Waals surface area contributed by atoms with Gasteiger partial charge < -0.3 is 4.74 Å². The summed E-state index contributed by atoms with van der Waals surface area (Å²) in [5.41, 5.74) is 1.66. The summed E-state index contributed by atoms with van der Waals surface area (Å²) in [4.78, 5) is 28.1. The van der Waals surface area contributed by atoms with E-state index in [0.717, 1.165) is 24.1 Å². The van der Waals surface area contributed by atoms with E-state index < -0.39 is 0 Å². The minimum atomic E-state index is -0.387. The van der Waals surface area contributed by atoms with Crippen LogP contribution in [0.25, 0.3) is 0 Å². The van der Waals surface area contributed by atoms with E-state index in [-0.39, 0.29) is 11.9 Å². The van der Waals surface area contributed by atoms with Crippen molar-refractivity contribution in [2.24, 2.45) is 0 Å². The summed E-state index contributed by atoms with van der Waals surface area (Å²) in [6, 6.07) is 0. The minimum absolute atomic E-state index is 0.229. The normalized spacial score (nSPS) is 13.8. The second kappa shape index (κ2) is 5.52. The maximum Gasteiger partial charge on any atom is 0.350 e. The van der Waals surface area contributed by atoms with Crippen LogP contribution in [0.5, 0.6) is 0 Å². The number of nitrogens with zero attached hydrogens (tertiary/aromatic N) is 1. The Morgan fingerprint density at radius 3 is 2.63 bits per heavy atom. The van der Waals surface area contributed by atoms with Crippen molar-refractivity contribution in [3.63, 3.8) is 0 Å². The molecule has 5 nitrogen and oxygen atoms in total. The number of aromatic nitrogens is 1. The van der Waals surface area contributed by atoms with E-state index in [1.807, 2.05) is 13.8 Å². The summed E-state index contributed by atoms with van der Waals surface area (Å²) in [5.74, 6) is -0.283. The van der Waals surface area contributed by atoms with Gasteiger partial charge in [-0.25, -0.2) is 9.78 Å². The summed E-state index contributed by atoms with van der Waals surface area (Å²) in [7, 11) is 1.35. The molecule has 1 fully saturated rings. The van der Waals surface area contributed by atoms with E-state index in [2.05, 4.69) is 10.3 Å². The molecule has 0 saturated heterocycles. The monoisotopic (exact) mass is 280 g/mol. The average molecular weight is 280 g/mol. The Balaban J connectivity index is 2.20. The fourth-order valence-corrected chi connectivity index (χ4v) is 2.63. The molecule has 1 aromatic rings. The molecule has 1 aliphatic rings. The number of anilines is 1. The first-order chi connectivity index (χ1) is 9.01. The molecule has 0 bridgehead atoms. The zero-order valence-electron chi connectivity index (χ0n) is 11.1. The molecule has 2 rings (SSSR count). The van der Waals surface area contributed by atoms with Crippen LogP contribution >= 0.6 is 11.3 Å². The van der Waals surface area contributed by atoms with Gasteiger partial charge in [-0.3, -0.25) is 10.1 Å². The Hall–Kier alpha value is -1.69. The zero-order chi connectivity index (χ0) is 14.0. The van der Waals surface area contributed by atoms with E-state index in [1.165, 1.54) is 24.5 Å². The Morgan fingerprint density at radius 1 is 1.42 bits per heavy atom. The topological polar surface area (TPSA) is 68.3 Å². The number of methoxy groups -OCH3 is 1. The van der Waals surface area contributed by atoms with Crippen molar-refractivity contribution in [1.82, 2.24) is 4.98 Å². The van der Waals surface area contributed by atoms with Gasteiger partial charge in [0.15, 0.2) is 5.13 Å². The Labute approximate surface area is 115 Å². The number of amides is 1. The summed E-state index contributed by atoms with van der Waals surface area (Å²) in [5, 5.41) is 3.13. The van der Waals surface area contributed by atoms with Crippen molar-refractivity contribution in [1.29, 1.82) is 0 Å². The van der Waals surface area contributed by atoms with Crippen LogP contribution in [0.15, 0.2) is 11.6 Å². The maximum absolute atomic E-state index is 11.7. The number of nitrogens with one attached hydrogen (secondary N) is 1. The van der Waals surface area contributed by atoms with Gasteiger partial charge in [-0.05, 0) is 26.7 Å². The Morgan fingerprint density at radius 2 is 2.11 bits per heavy atom. The van der Waals surface area contributed by atoms with Crippen molar-refractivity contribution < 1.29 is 14.3 Å². The van der Waals surface area contributed by atoms with Gasteiger partial charge in [0.25, 0.3) is 0 Å². The van der Waals surface area contributed by atoms with E-state index in [1.54, 1.807) is 0 Å². The maximum atomic E-state index is 11.7. The molecule has 0 atom stereocenters. The number of carbonyl (C=O) groups is 2. The standard InChI is InChI=1S/C13H16N2O3S/c1-7(2)6-9(16)14-13-15-10(8-4-5-8)11(19-13)12(17)18-3/h6,8H,4-5H2,1-3H3,(H,14,15,16). The van der Waals surface area contributed by atoms with E-state index >= 15 is 0 Å². The number of carbonyl (C=O) groups excluding carboxylic acids is 2. The summed E-state index contributed by atoms with van der Waals surface area (Å²) in [6.07, 6.45) is 3.57. The molecule has 0 unspecified atom stereocenters. The predicted molar refractivity (Wildman–Crippen MR) is 73.5 cm³/mol. The molecule has 0 spiro atoms. The number of ether oxygens (including phenoxy) is 1. The number of rotatable bonds is 4. The molecule has 19 heavy (non-hydrogen) atoms. The Kier molecular flexibility index (Phi) is 3.99. The Bertz CT molecular complexity index is 540. The van der Waals surface area contributed by atoms with Crippen molar-refractivity contribution in [3.05, 3.63) is 22.2 Å². The summed E-state index contributed by atoms with van der Waals surface area (Å²) < 4.78 is 4.74. The predicted octanol–water partition coefficient (Wildman–Crippen LogP) is 2.71. The number of allylic oxidation sites excluding steroid dienone is 1. The fraction of sp³-hybridized carbons (Fsp3) is 0.462. The highest BCUT2D eigenvalue weighted by Crippen LogP contribution is 2.43. The smallest absolute Gasteiger partial charge is 0.350 e. The highest BCUT2D eigenvalue weighted by molar-refractivity contribution is 7.17. The molecule has 1 aliphatic carbocycles. The van der Waals surface area contributed by atoms with Crippen molar-refractivity contribution >= 4 is 28.3 Å². The first-order valence-electron chi connectivity index (χ1n) is 6.06. The van der Waals surface area contributed by atoms with Gasteiger partial charge in [0.1, 0.15) is 4.88 Å². The molecule has 1 amide bonds. The number of thiazole rings is 1. The molecule has 0 aromatic carbocycles. The van der Waals surface area contributed by atoms with E-state index in [9.17, 15) is 9.59 Å². The van der Waals surface area contributed by atoms with Gasteiger partial charge in [-0.15, -0.1) is 0 Å². The third-order valence-corrected chi connectivity index (χ3v) is 3.60. The lowest BCUT2D eigenvalue weighted by Gasteiger charge is -1.96. The lowest BCUT2D eigenvalue weighted by molar-refractivity contribution is -0.111. The minimum Gasteiger partial charge on any atom is -0.465 e. The van der Waals surface area contributed by atoms with E-state index in [0.29, 0.717) is 15.9 Å². The van der Waals surface area contributed by atoms with Crippen molar-refractivity contribution in [2.75, 3.05) is 12.4 Å². The SMILES string of the molecule is COC(=O)c1sc(NC(=O)C=C(C)C)nc1C1CC1. The molecule has 1 heterocycles. The molecule has 6 heteroatoms. The van der Waals surface area contributed by atoms with Gasteiger partial charge in [-0.2, -0.15) is 0 Å². The van der Waals surface area contributed by atoms with Gasteiger partial charge in [0, 0.05) is 12.0 Å². The van der Waals surface area contributed by atoms with Crippen LogP contribution < -0.4 is 5.32 Å². The van der Waals surface area contributed by atoms with Gasteiger partial charge in [-0.1, -0.05) is 16.9 Å². The molecule has 1 N–H and O–H groups in total. The highest BCUT2D eigenvalue weighted by Gasteiger charge is 2.32. The zero-order valence-corrected chi connectivity index (χ0v) is 12.0. The van der Waals surface area contributed by atoms with Crippen LogP contribution in [0.2, 0.25) is 0 Å². The van der Waals surface area contributed by atoms with Crippen LogP contribution in [-0.2, 0) is 9.53 Å². The number of hydrogen-bond acceptors (Lipinski definition) is 5. The molecular weight excluding hydrogens is 264 g/mol. The lowest BCUT2D eigenvalue weighted by Crippen LogP contribution is -2.08. The summed E-state index contributed by atoms with van der Waals surface area (Å²) >= 11 is 1.17. The lowest BCUT2D eigenvalue weighted by atomic mass is 10.2. The highest BCUT2D eigenvalue weighted by atomic mass is 32.1. The van der Waals surface area contributed by atoms with Crippen LogP contribution in [-0.4, -0.2) is 24.0 Å². The number of hydrogen-bond donors (Lipinski definition) is 1. The first-order valence-corrected chi connectivity index (χ1v) is 6.88. The largest absolute Gasteiger partial charge is 0.465 e. The van der Waals surface area contributed by atoms with Crippen LogP contribution in [0, 0.1) is 0 Å². The van der Waals surface area contributed by atoms with E-state index in [4.69, 9.17) is 4.74 Å². The van der Waals surface area contributed by atoms with Crippen LogP contribution in [0.1, 0.15) is 48.0 Å². The molecule has 0 aliphatic heterocycles. The van der Waals surface area contributed by atoms with Crippen LogP contribution in [0.3, 0.4) is 0 Å². The molecular formula is C13H16N2O3S. The molecule has 1 aromatic heterocycles. The number of esters is 1. The quantitative estimate of drug-likeness (QED) is 0.680. The fourth-order valence-electron chi connectivity index (χ4n) is 1.66. The third-order valence-electron chi connectivity index (χ3n) is 2.64. The molecule has 0 radical (unpaired) electrons. The second-order valence-corrected chi connectivity index (χ2v) is 5.71. The van der Waals surface area contributed by atoms with Crippen molar-refractivity contribution in [2.45, 2.75) is 32.6 Å². The second-order valence-electron chi connectivity index (χ2n) is 4.71.